The molecule has 0 spiro atoms. The van der Waals surface area contributed by atoms with Crippen molar-refractivity contribution in [3.63, 3.8) is 0 Å². The number of fused-ring (bicyclic) bond motifs is 4. The molecule has 0 saturated carbocycles. The number of hydrogen-bond acceptors (Lipinski definition) is 8. The lowest BCUT2D eigenvalue weighted by Crippen LogP contribution is -2.42. The number of ether oxygens (including phenoxy) is 3. The van der Waals surface area contributed by atoms with Crippen molar-refractivity contribution in [2.24, 2.45) is 10.7 Å². The third-order valence-electron chi connectivity index (χ3n) is 9.74. The molecule has 1 atom stereocenters. The summed E-state index contributed by atoms with van der Waals surface area (Å²) in [6.07, 6.45) is -0.195. The van der Waals surface area contributed by atoms with E-state index in [1.165, 1.54) is 0 Å². The monoisotopic (exact) mass is 740 g/mol. The van der Waals surface area contributed by atoms with Crippen LogP contribution in [0.2, 0.25) is 0 Å². The number of nitrogens with two attached hydrogens (primary N) is 1. The fourth-order valence-electron chi connectivity index (χ4n) is 7.14. The summed E-state index contributed by atoms with van der Waals surface area (Å²) in [4.78, 5) is 29.1. The number of hydrogen-bond donors (Lipinski definition) is 4. The van der Waals surface area contributed by atoms with Gasteiger partial charge in [0.05, 0.1) is 11.4 Å². The Morgan fingerprint density at radius 1 is 0.962 bits per heavy atom. The molecule has 1 heterocycles. The van der Waals surface area contributed by atoms with E-state index in [-0.39, 0.29) is 43.0 Å². The van der Waals surface area contributed by atoms with E-state index in [1.54, 1.807) is 38.1 Å². The van der Waals surface area contributed by atoms with Crippen LogP contribution in [0.4, 0.5) is 4.79 Å². The SMILES string of the molecule is Cc1c(C)c(S(=O)(=O)NC(N)=NCCOc2ccc(C[C@H](NC(=O)OCC3c4ccccc4-c4ccccc43)C(=O)O)cc2)c(C)c2c1OC(C)(C)C2. The van der Waals surface area contributed by atoms with Crippen molar-refractivity contribution in [3.8, 4) is 22.6 Å². The second-order valence-electron chi connectivity index (χ2n) is 14.0. The van der Waals surface area contributed by atoms with Crippen molar-refractivity contribution in [2.45, 2.75) is 69.9 Å². The van der Waals surface area contributed by atoms with Crippen LogP contribution in [0.1, 0.15) is 58.7 Å². The van der Waals surface area contributed by atoms with Crippen molar-refractivity contribution < 1.29 is 37.3 Å². The smallest absolute Gasteiger partial charge is 0.407 e. The summed E-state index contributed by atoms with van der Waals surface area (Å²) in [5, 5.41) is 12.3. The van der Waals surface area contributed by atoms with Gasteiger partial charge in [-0.15, -0.1) is 0 Å². The van der Waals surface area contributed by atoms with Crippen molar-refractivity contribution >= 4 is 28.0 Å². The molecular weight excluding hydrogens is 697 g/mol. The maximum Gasteiger partial charge on any atom is 0.407 e. The zero-order valence-electron chi connectivity index (χ0n) is 30.4. The standard InChI is InChI=1S/C40H44N4O8S/c1-23-24(2)36(25(3)32-21-40(4,5)52-35(23)32)53(48,49)44-38(41)42-18-19-50-27-16-14-26(15-17-27)20-34(37(45)46)43-39(47)51-22-33-30-12-8-6-10-28(30)29-11-7-9-13-31(29)33/h6-17,33-34H,18-22H2,1-5H3,(H,43,47)(H,45,46)(H3,41,42,44)/t34-/m0/s1. The minimum absolute atomic E-state index is 0.0221. The van der Waals surface area contributed by atoms with E-state index in [1.807, 2.05) is 69.3 Å². The average molecular weight is 741 g/mol. The van der Waals surface area contributed by atoms with Crippen molar-refractivity contribution in [1.82, 2.24) is 10.0 Å². The number of carboxylic acid groups (broad SMARTS) is 1. The summed E-state index contributed by atoms with van der Waals surface area (Å²) in [7, 11) is -4.03. The molecule has 2 aliphatic rings. The topological polar surface area (TPSA) is 179 Å². The maximum absolute atomic E-state index is 13.4. The van der Waals surface area contributed by atoms with Crippen LogP contribution in [0.15, 0.2) is 82.7 Å². The maximum atomic E-state index is 13.4. The van der Waals surface area contributed by atoms with Gasteiger partial charge in [0.15, 0.2) is 0 Å². The van der Waals surface area contributed by atoms with E-state index in [4.69, 9.17) is 19.9 Å². The number of alkyl carbamates (subject to hydrolysis) is 1. The van der Waals surface area contributed by atoms with Crippen molar-refractivity contribution in [3.05, 3.63) is 112 Å². The van der Waals surface area contributed by atoms with Gasteiger partial charge in [0, 0.05) is 24.3 Å². The zero-order valence-corrected chi connectivity index (χ0v) is 31.2. The van der Waals surface area contributed by atoms with E-state index in [9.17, 15) is 23.1 Å². The van der Waals surface area contributed by atoms with Crippen molar-refractivity contribution in [1.29, 1.82) is 0 Å². The highest BCUT2D eigenvalue weighted by Gasteiger charge is 2.37. The van der Waals surface area contributed by atoms with Crippen LogP contribution >= 0.6 is 0 Å². The molecule has 4 aromatic carbocycles. The van der Waals surface area contributed by atoms with Gasteiger partial charge in [-0.05, 0) is 91.3 Å². The predicted octanol–water partition coefficient (Wildman–Crippen LogP) is 5.53. The molecule has 0 fully saturated rings. The van der Waals surface area contributed by atoms with Gasteiger partial charge in [0.25, 0.3) is 10.0 Å². The summed E-state index contributed by atoms with van der Waals surface area (Å²) in [6.45, 7) is 9.57. The lowest BCUT2D eigenvalue weighted by Gasteiger charge is -2.19. The van der Waals surface area contributed by atoms with Crippen LogP contribution in [-0.4, -0.2) is 62.9 Å². The average Bonchev–Trinajstić information content (AvgIpc) is 3.62. The van der Waals surface area contributed by atoms with Crippen LogP contribution < -0.4 is 25.2 Å². The highest BCUT2D eigenvalue weighted by Crippen LogP contribution is 2.45. The van der Waals surface area contributed by atoms with E-state index in [0.29, 0.717) is 28.9 Å². The Morgan fingerprint density at radius 3 is 2.21 bits per heavy atom. The van der Waals surface area contributed by atoms with Crippen LogP contribution in [0, 0.1) is 20.8 Å². The first-order chi connectivity index (χ1) is 25.1. The lowest BCUT2D eigenvalue weighted by molar-refractivity contribution is -0.139. The van der Waals surface area contributed by atoms with Gasteiger partial charge in [0.2, 0.25) is 5.96 Å². The number of aliphatic imine (C=N–C) groups is 1. The molecule has 0 bridgehead atoms. The lowest BCUT2D eigenvalue weighted by atomic mass is 9.94. The Bertz CT molecular complexity index is 2150. The third kappa shape index (κ3) is 7.95. The van der Waals surface area contributed by atoms with E-state index in [2.05, 4.69) is 15.0 Å². The number of benzene rings is 4. The second-order valence-corrected chi connectivity index (χ2v) is 15.6. The number of aliphatic carboxylic acids is 1. The van der Waals surface area contributed by atoms with E-state index < -0.39 is 33.7 Å². The number of nitrogens with zero attached hydrogens (tertiary/aromatic N) is 1. The fraction of sp³-hybridized carbons (Fsp3) is 0.325. The molecule has 4 aromatic rings. The number of amides is 1. The Labute approximate surface area is 309 Å². The fourth-order valence-corrected chi connectivity index (χ4v) is 8.66. The Kier molecular flexibility index (Phi) is 10.4. The summed E-state index contributed by atoms with van der Waals surface area (Å²) in [6, 6.07) is 21.5. The van der Waals surface area contributed by atoms with Gasteiger partial charge in [0.1, 0.15) is 36.4 Å². The molecule has 1 aliphatic carbocycles. The van der Waals surface area contributed by atoms with Crippen LogP contribution in [0.3, 0.4) is 0 Å². The largest absolute Gasteiger partial charge is 0.492 e. The van der Waals surface area contributed by atoms with Crippen LogP contribution in [-0.2, 0) is 32.4 Å². The van der Waals surface area contributed by atoms with E-state index in [0.717, 1.165) is 39.1 Å². The van der Waals surface area contributed by atoms with Gasteiger partial charge >= 0.3 is 12.1 Å². The minimum atomic E-state index is -4.03. The normalized spacial score (nSPS) is 15.1. The molecular formula is C40H44N4O8S. The summed E-state index contributed by atoms with van der Waals surface area (Å²) >= 11 is 0. The van der Waals surface area contributed by atoms with Gasteiger partial charge in [-0.1, -0.05) is 60.7 Å². The number of sulfonamides is 1. The quantitative estimate of drug-likeness (QED) is 0.0826. The third-order valence-corrected chi connectivity index (χ3v) is 11.4. The molecule has 0 saturated heterocycles. The van der Waals surface area contributed by atoms with Gasteiger partial charge in [-0.2, -0.15) is 0 Å². The van der Waals surface area contributed by atoms with Crippen LogP contribution in [0.25, 0.3) is 11.1 Å². The predicted molar refractivity (Wildman–Crippen MR) is 201 cm³/mol. The molecule has 5 N–H and O–H groups in total. The Hall–Kier alpha value is -5.56. The highest BCUT2D eigenvalue weighted by molar-refractivity contribution is 7.90. The minimum Gasteiger partial charge on any atom is -0.492 e. The van der Waals surface area contributed by atoms with Crippen LogP contribution in [0.5, 0.6) is 11.5 Å². The second kappa shape index (κ2) is 14.8. The first kappa shape index (κ1) is 37.2. The number of carboxylic acids is 1. The Morgan fingerprint density at radius 2 is 1.58 bits per heavy atom. The molecule has 278 valence electrons. The number of carbonyl (C=O) groups is 2. The highest BCUT2D eigenvalue weighted by atomic mass is 32.2. The summed E-state index contributed by atoms with van der Waals surface area (Å²) in [5.74, 6) is -0.375. The molecule has 13 heteroatoms. The molecule has 12 nitrogen and oxygen atoms in total. The Balaban J connectivity index is 0.989. The van der Waals surface area contributed by atoms with E-state index >= 15 is 0 Å². The zero-order chi connectivity index (χ0) is 38.1. The number of guanidine groups is 1. The van der Waals surface area contributed by atoms with Crippen molar-refractivity contribution in [2.75, 3.05) is 19.8 Å². The summed E-state index contributed by atoms with van der Waals surface area (Å²) in [5.41, 5.74) is 13.4. The molecule has 1 aliphatic heterocycles. The first-order valence-electron chi connectivity index (χ1n) is 17.4. The summed E-state index contributed by atoms with van der Waals surface area (Å²) < 4.78 is 46.6. The number of nitrogens with one attached hydrogen (secondary N) is 2. The number of carbonyl (C=O) groups excluding carboxylic acids is 1. The number of rotatable bonds is 12. The van der Waals surface area contributed by atoms with Gasteiger partial charge in [-0.25, -0.2) is 27.7 Å². The van der Waals surface area contributed by atoms with Gasteiger partial charge < -0.3 is 30.4 Å². The molecule has 0 aromatic heterocycles. The molecule has 53 heavy (non-hydrogen) atoms. The molecule has 1 amide bonds. The first-order valence-corrected chi connectivity index (χ1v) is 18.8. The van der Waals surface area contributed by atoms with Gasteiger partial charge in [-0.3, -0.25) is 0 Å². The molecule has 6 rings (SSSR count). The molecule has 0 unspecified atom stereocenters. The molecule has 0 radical (unpaired) electrons.